The van der Waals surface area contributed by atoms with Crippen LogP contribution in [0.15, 0.2) is 42.6 Å². The van der Waals surface area contributed by atoms with Gasteiger partial charge in [-0.15, -0.1) is 0 Å². The van der Waals surface area contributed by atoms with Crippen LogP contribution in [0.2, 0.25) is 0 Å². The molecule has 1 atom stereocenters. The average molecular weight is 357 g/mol. The third-order valence-corrected chi connectivity index (χ3v) is 4.53. The van der Waals surface area contributed by atoms with Crippen LogP contribution in [0.4, 0.5) is 26.4 Å². The highest BCUT2D eigenvalue weighted by atomic mass is 19.1. The van der Waals surface area contributed by atoms with Crippen molar-refractivity contribution in [1.82, 2.24) is 9.88 Å². The van der Waals surface area contributed by atoms with Crippen molar-refractivity contribution in [2.45, 2.75) is 13.0 Å². The van der Waals surface area contributed by atoms with Gasteiger partial charge in [0.25, 0.3) is 0 Å². The lowest BCUT2D eigenvalue weighted by molar-refractivity contribution is 0.200. The second-order valence-electron chi connectivity index (χ2n) is 6.67. The number of rotatable bonds is 3. The van der Waals surface area contributed by atoms with Gasteiger partial charge in [-0.1, -0.05) is 12.1 Å². The van der Waals surface area contributed by atoms with Gasteiger partial charge in [0.05, 0.1) is 17.6 Å². The molecule has 1 aliphatic rings. The van der Waals surface area contributed by atoms with Crippen molar-refractivity contribution in [3.63, 3.8) is 0 Å². The van der Waals surface area contributed by atoms with Crippen LogP contribution in [-0.2, 0) is 0 Å². The van der Waals surface area contributed by atoms with E-state index in [4.69, 9.17) is 0 Å². The van der Waals surface area contributed by atoms with Crippen LogP contribution in [0.1, 0.15) is 6.92 Å². The number of carbonyl (C=O) groups is 1. The number of halogens is 1. The number of aromatic nitrogens is 1. The maximum Gasteiger partial charge on any atom is 0.322 e. The van der Waals surface area contributed by atoms with Gasteiger partial charge < -0.3 is 20.0 Å². The van der Waals surface area contributed by atoms with Crippen LogP contribution in [0, 0.1) is 5.82 Å². The largest absolute Gasteiger partial charge is 0.363 e. The molecule has 0 unspecified atom stereocenters. The molecule has 1 N–H and O–H groups in total. The van der Waals surface area contributed by atoms with Gasteiger partial charge >= 0.3 is 6.03 Å². The van der Waals surface area contributed by atoms with Crippen LogP contribution in [-0.4, -0.2) is 55.7 Å². The lowest BCUT2D eigenvalue weighted by Gasteiger charge is -2.41. The number of nitrogens with one attached hydrogen (secondary N) is 1. The third kappa shape index (κ3) is 3.87. The summed E-state index contributed by atoms with van der Waals surface area (Å²) in [5, 5.41) is 2.88. The molecule has 26 heavy (non-hydrogen) atoms. The highest BCUT2D eigenvalue weighted by molar-refractivity contribution is 5.89. The summed E-state index contributed by atoms with van der Waals surface area (Å²) in [6.07, 6.45) is 1.65. The quantitative estimate of drug-likeness (QED) is 0.917. The molecule has 1 saturated heterocycles. The lowest BCUT2D eigenvalue weighted by atomic mass is 10.1. The summed E-state index contributed by atoms with van der Waals surface area (Å²) < 4.78 is 14.0. The van der Waals surface area contributed by atoms with Crippen LogP contribution in [0.25, 0.3) is 0 Å². The first kappa shape index (κ1) is 18.0. The maximum atomic E-state index is 14.0. The van der Waals surface area contributed by atoms with Crippen molar-refractivity contribution in [3.8, 4) is 0 Å². The molecule has 1 aliphatic heterocycles. The molecule has 0 bridgehead atoms. The Morgan fingerprint density at radius 1 is 1.23 bits per heavy atom. The lowest BCUT2D eigenvalue weighted by Crippen LogP contribution is -2.55. The number of amides is 2. The summed E-state index contributed by atoms with van der Waals surface area (Å²) in [6, 6.07) is 10.3. The van der Waals surface area contributed by atoms with Gasteiger partial charge in [-0.3, -0.25) is 0 Å². The molecule has 2 amide bonds. The fourth-order valence-corrected chi connectivity index (χ4v) is 3.11. The highest BCUT2D eigenvalue weighted by Gasteiger charge is 2.28. The molecule has 2 aromatic rings. The zero-order valence-corrected chi connectivity index (χ0v) is 15.3. The molecule has 7 heteroatoms. The van der Waals surface area contributed by atoms with Crippen molar-refractivity contribution in [2.75, 3.05) is 48.8 Å². The number of nitrogens with zero attached hydrogens (tertiary/aromatic N) is 4. The molecule has 2 heterocycles. The minimum absolute atomic E-state index is 0.0284. The van der Waals surface area contributed by atoms with Gasteiger partial charge in [0.15, 0.2) is 0 Å². The van der Waals surface area contributed by atoms with Gasteiger partial charge in [-0.05, 0) is 31.2 Å². The Kier molecular flexibility index (Phi) is 5.25. The second kappa shape index (κ2) is 7.59. The first-order valence-corrected chi connectivity index (χ1v) is 8.66. The molecule has 3 rings (SSSR count). The number of hydrogen-bond donors (Lipinski definition) is 1. The van der Waals surface area contributed by atoms with E-state index >= 15 is 0 Å². The number of urea groups is 1. The maximum absolute atomic E-state index is 14.0. The number of piperazine rings is 1. The van der Waals surface area contributed by atoms with E-state index in [1.54, 1.807) is 23.2 Å². The Morgan fingerprint density at radius 2 is 2.00 bits per heavy atom. The summed E-state index contributed by atoms with van der Waals surface area (Å²) >= 11 is 0. The van der Waals surface area contributed by atoms with Crippen molar-refractivity contribution in [3.05, 3.63) is 48.4 Å². The molecule has 0 aliphatic carbocycles. The summed E-state index contributed by atoms with van der Waals surface area (Å²) in [5.74, 6) is 0.597. The Labute approximate surface area is 153 Å². The SMILES string of the molecule is C[C@@H]1CN(C(=O)Nc2ccc(N(C)C)nc2)CCN1c1ccccc1F. The standard InChI is InChI=1S/C19H24FN5O/c1-14-13-24(10-11-25(14)17-7-5-4-6-16(17)20)19(26)22-15-8-9-18(21-12-15)23(2)3/h4-9,12,14H,10-11,13H2,1-3H3,(H,22,26)/t14-/m1/s1. The first-order valence-electron chi connectivity index (χ1n) is 8.66. The van der Waals surface area contributed by atoms with Gasteiger partial charge in [-0.2, -0.15) is 0 Å². The number of hydrogen-bond acceptors (Lipinski definition) is 4. The van der Waals surface area contributed by atoms with Gasteiger partial charge in [-0.25, -0.2) is 14.2 Å². The zero-order chi connectivity index (χ0) is 18.7. The van der Waals surface area contributed by atoms with Crippen molar-refractivity contribution < 1.29 is 9.18 Å². The zero-order valence-electron chi connectivity index (χ0n) is 15.3. The van der Waals surface area contributed by atoms with Crippen LogP contribution < -0.4 is 15.1 Å². The number of anilines is 3. The van der Waals surface area contributed by atoms with Crippen molar-refractivity contribution in [1.29, 1.82) is 0 Å². The molecule has 6 nitrogen and oxygen atoms in total. The van der Waals surface area contributed by atoms with E-state index in [2.05, 4.69) is 10.3 Å². The molecular formula is C19H24FN5O. The number of carbonyl (C=O) groups excluding carboxylic acids is 1. The number of para-hydroxylation sites is 1. The Bertz CT molecular complexity index is 765. The minimum atomic E-state index is -0.232. The Balaban J connectivity index is 1.61. The van der Waals surface area contributed by atoms with Crippen LogP contribution in [0.3, 0.4) is 0 Å². The molecule has 0 saturated carbocycles. The van der Waals surface area contributed by atoms with E-state index in [9.17, 15) is 9.18 Å². The van der Waals surface area contributed by atoms with E-state index in [0.29, 0.717) is 31.0 Å². The van der Waals surface area contributed by atoms with E-state index in [0.717, 1.165) is 5.82 Å². The fourth-order valence-electron chi connectivity index (χ4n) is 3.11. The van der Waals surface area contributed by atoms with E-state index in [1.165, 1.54) is 6.07 Å². The summed E-state index contributed by atoms with van der Waals surface area (Å²) in [7, 11) is 3.83. The van der Waals surface area contributed by atoms with Crippen molar-refractivity contribution in [2.24, 2.45) is 0 Å². The van der Waals surface area contributed by atoms with E-state index < -0.39 is 0 Å². The summed E-state index contributed by atoms with van der Waals surface area (Å²) in [5.41, 5.74) is 1.24. The van der Waals surface area contributed by atoms with E-state index in [-0.39, 0.29) is 17.9 Å². The number of pyridine rings is 1. The Hall–Kier alpha value is -2.83. The predicted octanol–water partition coefficient (Wildman–Crippen LogP) is 3.03. The van der Waals surface area contributed by atoms with E-state index in [1.807, 2.05) is 49.0 Å². The smallest absolute Gasteiger partial charge is 0.322 e. The third-order valence-electron chi connectivity index (χ3n) is 4.53. The minimum Gasteiger partial charge on any atom is -0.363 e. The normalized spacial score (nSPS) is 17.2. The molecule has 0 spiro atoms. The van der Waals surface area contributed by atoms with Crippen LogP contribution >= 0.6 is 0 Å². The molecule has 138 valence electrons. The highest BCUT2D eigenvalue weighted by Crippen LogP contribution is 2.24. The average Bonchev–Trinajstić information content (AvgIpc) is 2.63. The van der Waals surface area contributed by atoms with Gasteiger partial charge in [0.2, 0.25) is 0 Å². The van der Waals surface area contributed by atoms with Gasteiger partial charge in [0.1, 0.15) is 11.6 Å². The Morgan fingerprint density at radius 3 is 2.62 bits per heavy atom. The fraction of sp³-hybridized carbons (Fsp3) is 0.368. The van der Waals surface area contributed by atoms with Gasteiger partial charge in [0, 0.05) is 39.8 Å². The summed E-state index contributed by atoms with van der Waals surface area (Å²) in [4.78, 5) is 22.5. The predicted molar refractivity (Wildman–Crippen MR) is 102 cm³/mol. The molecule has 1 fully saturated rings. The molecule has 0 radical (unpaired) electrons. The van der Waals surface area contributed by atoms with Crippen molar-refractivity contribution >= 4 is 23.2 Å². The topological polar surface area (TPSA) is 51.7 Å². The molecular weight excluding hydrogens is 333 g/mol. The van der Waals surface area contributed by atoms with Crippen LogP contribution in [0.5, 0.6) is 0 Å². The summed E-state index contributed by atoms with van der Waals surface area (Å²) in [6.45, 7) is 3.66. The monoisotopic (exact) mass is 357 g/mol. The molecule has 1 aromatic heterocycles. The first-order chi connectivity index (χ1) is 12.5. The second-order valence-corrected chi connectivity index (χ2v) is 6.67. The molecule has 1 aromatic carbocycles. The number of benzene rings is 1.